The van der Waals surface area contributed by atoms with E-state index in [0.29, 0.717) is 6.42 Å². The molecule has 1 aliphatic heterocycles. The number of aromatic amines is 1. The molecule has 1 aromatic heterocycles. The fourth-order valence-electron chi connectivity index (χ4n) is 1.88. The highest BCUT2D eigenvalue weighted by atomic mass is 32.2. The first-order valence-electron chi connectivity index (χ1n) is 5.40. The van der Waals surface area contributed by atoms with Gasteiger partial charge in [0.05, 0.1) is 36.6 Å². The van der Waals surface area contributed by atoms with Crippen LogP contribution >= 0.6 is 11.8 Å². The lowest BCUT2D eigenvalue weighted by Gasteiger charge is -2.13. The third-order valence-corrected chi connectivity index (χ3v) is 4.40. The van der Waals surface area contributed by atoms with Crippen LogP contribution in [-0.4, -0.2) is 44.8 Å². The van der Waals surface area contributed by atoms with Gasteiger partial charge in [-0.1, -0.05) is 0 Å². The minimum Gasteiger partial charge on any atom is -0.490 e. The van der Waals surface area contributed by atoms with Gasteiger partial charge >= 0.3 is 5.69 Å². The van der Waals surface area contributed by atoms with E-state index >= 15 is 0 Å². The summed E-state index contributed by atoms with van der Waals surface area (Å²) in [5, 5.41) is 18.1. The van der Waals surface area contributed by atoms with E-state index in [1.165, 1.54) is 29.6 Å². The number of aliphatic hydroxyl groups excluding tert-OH is 2. The van der Waals surface area contributed by atoms with E-state index < -0.39 is 17.4 Å². The van der Waals surface area contributed by atoms with E-state index in [9.17, 15) is 14.7 Å². The molecule has 0 bridgehead atoms. The van der Waals surface area contributed by atoms with E-state index in [2.05, 4.69) is 4.98 Å². The Morgan fingerprint density at radius 2 is 2.33 bits per heavy atom. The lowest BCUT2D eigenvalue weighted by molar-refractivity contribution is 0.137. The number of hydrogen-bond donors (Lipinski definition) is 3. The Balaban J connectivity index is 2.35. The van der Waals surface area contributed by atoms with Crippen LogP contribution in [0.4, 0.5) is 0 Å². The standard InChI is InChI=1S/C10H14N2O5S/c1-17-6-3-12(10(16)11-9(6)15)8-2-5(14)7(4-13)18-8/h3,5,7-8,13-14H,2,4H2,1H3,(H,11,15,16)/t5-,7+,8+/m0/s1. The third kappa shape index (κ3) is 2.31. The molecule has 0 spiro atoms. The zero-order valence-corrected chi connectivity index (χ0v) is 10.5. The topological polar surface area (TPSA) is 105 Å². The molecule has 0 unspecified atom stereocenters. The summed E-state index contributed by atoms with van der Waals surface area (Å²) in [6.45, 7) is -0.155. The van der Waals surface area contributed by atoms with Gasteiger partial charge in [-0.15, -0.1) is 11.8 Å². The molecule has 3 atom stereocenters. The number of nitrogens with one attached hydrogen (secondary N) is 1. The Hall–Kier alpha value is -1.25. The van der Waals surface area contributed by atoms with Gasteiger partial charge in [-0.05, 0) is 0 Å². The number of hydrogen-bond acceptors (Lipinski definition) is 6. The van der Waals surface area contributed by atoms with Crippen LogP contribution in [0.2, 0.25) is 0 Å². The zero-order chi connectivity index (χ0) is 13.3. The fourth-order valence-corrected chi connectivity index (χ4v) is 3.25. The number of thioether (sulfide) groups is 1. The minimum absolute atomic E-state index is 0.0390. The molecule has 1 aliphatic rings. The summed E-state index contributed by atoms with van der Waals surface area (Å²) in [4.78, 5) is 25.2. The first kappa shape index (κ1) is 13.2. The van der Waals surface area contributed by atoms with Gasteiger partial charge < -0.3 is 14.9 Å². The number of nitrogens with zero attached hydrogens (tertiary/aromatic N) is 1. The van der Waals surface area contributed by atoms with Crippen molar-refractivity contribution in [1.29, 1.82) is 0 Å². The molecule has 0 amide bonds. The second-order valence-electron chi connectivity index (χ2n) is 3.98. The van der Waals surface area contributed by atoms with Gasteiger partial charge in [-0.25, -0.2) is 4.79 Å². The molecule has 18 heavy (non-hydrogen) atoms. The van der Waals surface area contributed by atoms with Crippen LogP contribution in [0.25, 0.3) is 0 Å². The van der Waals surface area contributed by atoms with Crippen molar-refractivity contribution in [2.24, 2.45) is 0 Å². The molecule has 0 aromatic carbocycles. The van der Waals surface area contributed by atoms with E-state index in [-0.39, 0.29) is 23.0 Å². The van der Waals surface area contributed by atoms with Crippen molar-refractivity contribution >= 4 is 11.8 Å². The summed E-state index contributed by atoms with van der Waals surface area (Å²) in [5.41, 5.74) is -1.13. The van der Waals surface area contributed by atoms with Gasteiger partial charge in [-0.3, -0.25) is 14.3 Å². The van der Waals surface area contributed by atoms with E-state index in [1.807, 2.05) is 0 Å². The van der Waals surface area contributed by atoms with Gasteiger partial charge in [0.2, 0.25) is 5.75 Å². The van der Waals surface area contributed by atoms with Gasteiger partial charge in [0.25, 0.3) is 5.56 Å². The molecule has 0 saturated carbocycles. The Kier molecular flexibility index (Phi) is 3.79. The molecular formula is C10H14N2O5S. The highest BCUT2D eigenvalue weighted by Gasteiger charge is 2.34. The maximum atomic E-state index is 11.7. The van der Waals surface area contributed by atoms with Gasteiger partial charge in [-0.2, -0.15) is 0 Å². The molecule has 100 valence electrons. The van der Waals surface area contributed by atoms with Crippen molar-refractivity contribution in [2.45, 2.75) is 23.1 Å². The average Bonchev–Trinajstić information content (AvgIpc) is 2.70. The summed E-state index contributed by atoms with van der Waals surface area (Å²) >= 11 is 1.30. The third-order valence-electron chi connectivity index (χ3n) is 2.85. The normalized spacial score (nSPS) is 27.4. The number of rotatable bonds is 3. The van der Waals surface area contributed by atoms with Gasteiger partial charge in [0.15, 0.2) is 0 Å². The van der Waals surface area contributed by atoms with Crippen LogP contribution in [-0.2, 0) is 0 Å². The lowest BCUT2D eigenvalue weighted by atomic mass is 10.2. The minimum atomic E-state index is -0.671. The summed E-state index contributed by atoms with van der Waals surface area (Å²) in [7, 11) is 1.34. The van der Waals surface area contributed by atoms with Crippen LogP contribution in [0, 0.1) is 0 Å². The Bertz CT molecular complexity index is 540. The van der Waals surface area contributed by atoms with Crippen LogP contribution < -0.4 is 16.0 Å². The molecule has 0 radical (unpaired) electrons. The average molecular weight is 274 g/mol. The number of H-pyrrole nitrogens is 1. The SMILES string of the molecule is COc1cn([C@H]2C[C@H](O)[C@@H](CO)S2)c(=O)[nH]c1=O. The van der Waals surface area contributed by atoms with Crippen molar-refractivity contribution in [1.82, 2.24) is 9.55 Å². The second-order valence-corrected chi connectivity index (χ2v) is 5.40. The fraction of sp³-hybridized carbons (Fsp3) is 0.600. The summed E-state index contributed by atoms with van der Waals surface area (Å²) in [6, 6.07) is 0. The van der Waals surface area contributed by atoms with E-state index in [4.69, 9.17) is 9.84 Å². The molecule has 1 saturated heterocycles. The zero-order valence-electron chi connectivity index (χ0n) is 9.70. The highest BCUT2D eigenvalue weighted by molar-refractivity contribution is 8.00. The maximum absolute atomic E-state index is 11.7. The first-order valence-corrected chi connectivity index (χ1v) is 6.35. The summed E-state index contributed by atoms with van der Waals surface area (Å²) in [6.07, 6.45) is 0.992. The Morgan fingerprint density at radius 3 is 2.89 bits per heavy atom. The molecule has 8 heteroatoms. The molecule has 2 rings (SSSR count). The number of ether oxygens (including phenoxy) is 1. The number of methoxy groups -OCH3 is 1. The molecule has 1 fully saturated rings. The van der Waals surface area contributed by atoms with Crippen LogP contribution in [0.15, 0.2) is 15.8 Å². The lowest BCUT2D eigenvalue weighted by Crippen LogP contribution is -2.31. The highest BCUT2D eigenvalue weighted by Crippen LogP contribution is 2.40. The summed E-state index contributed by atoms with van der Waals surface area (Å²) in [5.74, 6) is 0.0390. The maximum Gasteiger partial charge on any atom is 0.329 e. The van der Waals surface area contributed by atoms with Crippen molar-refractivity contribution < 1.29 is 14.9 Å². The molecular weight excluding hydrogens is 260 g/mol. The van der Waals surface area contributed by atoms with Crippen molar-refractivity contribution in [3.63, 3.8) is 0 Å². The van der Waals surface area contributed by atoms with Crippen molar-refractivity contribution in [3.8, 4) is 5.75 Å². The molecule has 1 aromatic rings. The predicted molar refractivity (Wildman–Crippen MR) is 66.0 cm³/mol. The van der Waals surface area contributed by atoms with Crippen molar-refractivity contribution in [3.05, 3.63) is 27.0 Å². The summed E-state index contributed by atoms with van der Waals surface area (Å²) < 4.78 is 6.16. The Labute approximate surface area is 106 Å². The van der Waals surface area contributed by atoms with Gasteiger partial charge in [0.1, 0.15) is 0 Å². The van der Waals surface area contributed by atoms with Crippen LogP contribution in [0.1, 0.15) is 11.8 Å². The first-order chi connectivity index (χ1) is 8.56. The molecule has 3 N–H and O–H groups in total. The van der Waals surface area contributed by atoms with Crippen molar-refractivity contribution in [2.75, 3.05) is 13.7 Å². The largest absolute Gasteiger partial charge is 0.490 e. The van der Waals surface area contributed by atoms with Crippen LogP contribution in [0.5, 0.6) is 5.75 Å². The monoisotopic (exact) mass is 274 g/mol. The van der Waals surface area contributed by atoms with E-state index in [0.717, 1.165) is 0 Å². The molecule has 7 nitrogen and oxygen atoms in total. The molecule has 2 heterocycles. The number of aliphatic hydroxyl groups is 2. The second kappa shape index (κ2) is 5.17. The number of aromatic nitrogens is 2. The Morgan fingerprint density at radius 1 is 1.61 bits per heavy atom. The predicted octanol–water partition coefficient (Wildman–Crippen LogP) is -1.10. The van der Waals surface area contributed by atoms with Crippen LogP contribution in [0.3, 0.4) is 0 Å². The smallest absolute Gasteiger partial charge is 0.329 e. The molecule has 0 aliphatic carbocycles. The van der Waals surface area contributed by atoms with E-state index in [1.54, 1.807) is 0 Å². The van der Waals surface area contributed by atoms with Gasteiger partial charge in [0, 0.05) is 6.42 Å². The quantitative estimate of drug-likeness (QED) is 0.646.